The van der Waals surface area contributed by atoms with E-state index >= 15 is 0 Å². The number of hydrogen-bond donors (Lipinski definition) is 6. The zero-order chi connectivity index (χ0) is 42.7. The van der Waals surface area contributed by atoms with Crippen LogP contribution in [0.25, 0.3) is 0 Å². The molecule has 0 saturated heterocycles. The molecule has 0 saturated carbocycles. The summed E-state index contributed by atoms with van der Waals surface area (Å²) in [6.07, 6.45) is -1.25. The van der Waals surface area contributed by atoms with Crippen LogP contribution in [0.4, 0.5) is 49.1 Å². The molecule has 0 aromatic heterocycles. The molecule has 4 aromatic carbocycles. The molecular weight excluding hydrogens is 1040 g/mol. The van der Waals surface area contributed by atoms with Gasteiger partial charge in [0.15, 0.2) is 34.9 Å². The normalized spacial score (nSPS) is 12.2. The first kappa shape index (κ1) is 48.3. The van der Waals surface area contributed by atoms with Crippen molar-refractivity contribution < 1.29 is 55.8 Å². The zero-order valence-electron chi connectivity index (χ0n) is 30.4. The average molecular weight is 1070 g/mol. The molecule has 57 heavy (non-hydrogen) atoms. The van der Waals surface area contributed by atoms with Gasteiger partial charge in [-0.25, -0.2) is 37.3 Å². The molecule has 0 aliphatic heterocycles. The maximum Gasteiger partial charge on any atom is 0.277 e. The van der Waals surface area contributed by atoms with Crippen molar-refractivity contribution in [3.05, 3.63) is 112 Å². The predicted molar refractivity (Wildman–Crippen MR) is 221 cm³/mol. The predicted octanol–water partition coefficient (Wildman–Crippen LogP) is 9.96. The SMILES string of the molecule is CC(C)C(O)CONC(=O)c1cc(F)c(F)c(F)c1Nc1ccc(I)cc1Cl.CC(C)CC(O)CONC(=O)c1cc(F)c(F)c(F)c1Nc1ccc(I)cc1Cl. The van der Waals surface area contributed by atoms with Gasteiger partial charge in [0.1, 0.15) is 13.2 Å². The molecule has 0 spiro atoms. The molecule has 0 bridgehead atoms. The van der Waals surface area contributed by atoms with Gasteiger partial charge in [0.25, 0.3) is 11.8 Å². The van der Waals surface area contributed by atoms with E-state index in [9.17, 15) is 46.1 Å². The van der Waals surface area contributed by atoms with E-state index < -0.39 is 81.4 Å². The van der Waals surface area contributed by atoms with Crippen LogP contribution in [0.1, 0.15) is 54.8 Å². The van der Waals surface area contributed by atoms with E-state index in [0.717, 1.165) is 7.14 Å². The Morgan fingerprint density at radius 3 is 1.44 bits per heavy atom. The number of aliphatic hydroxyl groups excluding tert-OH is 2. The summed E-state index contributed by atoms with van der Waals surface area (Å²) in [6, 6.07) is 10.5. The summed E-state index contributed by atoms with van der Waals surface area (Å²) in [5.41, 5.74) is 2.09. The minimum Gasteiger partial charge on any atom is -0.391 e. The molecule has 20 heteroatoms. The summed E-state index contributed by atoms with van der Waals surface area (Å²) in [5, 5.41) is 24.9. The van der Waals surface area contributed by atoms with Crippen molar-refractivity contribution in [3.63, 3.8) is 0 Å². The Hall–Kier alpha value is -3.12. The van der Waals surface area contributed by atoms with E-state index in [1.54, 1.807) is 38.1 Å². The number of anilines is 4. The summed E-state index contributed by atoms with van der Waals surface area (Å²) < 4.78 is 85.2. The highest BCUT2D eigenvalue weighted by Gasteiger charge is 2.26. The van der Waals surface area contributed by atoms with Crippen LogP contribution < -0.4 is 21.6 Å². The summed E-state index contributed by atoms with van der Waals surface area (Å²) in [6.45, 7) is 6.84. The fraction of sp³-hybridized carbons (Fsp3) is 0.297. The Labute approximate surface area is 361 Å². The molecule has 2 atom stereocenters. The van der Waals surface area contributed by atoms with Crippen LogP contribution in [0.5, 0.6) is 0 Å². The van der Waals surface area contributed by atoms with Crippen molar-refractivity contribution in [2.24, 2.45) is 11.8 Å². The third kappa shape index (κ3) is 14.0. The van der Waals surface area contributed by atoms with Gasteiger partial charge in [-0.3, -0.25) is 19.3 Å². The number of carbonyl (C=O) groups excluding carboxylic acids is 2. The molecule has 2 unspecified atom stereocenters. The first-order valence-corrected chi connectivity index (χ1v) is 19.6. The summed E-state index contributed by atoms with van der Waals surface area (Å²) in [4.78, 5) is 34.5. The van der Waals surface area contributed by atoms with Gasteiger partial charge < -0.3 is 20.8 Å². The van der Waals surface area contributed by atoms with Crippen LogP contribution in [0.3, 0.4) is 0 Å². The summed E-state index contributed by atoms with van der Waals surface area (Å²) >= 11 is 16.2. The fourth-order valence-corrected chi connectivity index (χ4v) is 6.36. The molecule has 10 nitrogen and oxygen atoms in total. The maximum atomic E-state index is 14.4. The minimum absolute atomic E-state index is 0.127. The first-order chi connectivity index (χ1) is 26.7. The Morgan fingerprint density at radius 2 is 1.07 bits per heavy atom. The zero-order valence-corrected chi connectivity index (χ0v) is 36.2. The lowest BCUT2D eigenvalue weighted by Gasteiger charge is -2.17. The van der Waals surface area contributed by atoms with E-state index in [1.165, 1.54) is 12.1 Å². The number of benzene rings is 4. The molecule has 4 rings (SSSR count). The van der Waals surface area contributed by atoms with E-state index in [-0.39, 0.29) is 46.5 Å². The van der Waals surface area contributed by atoms with Crippen molar-refractivity contribution in [1.29, 1.82) is 0 Å². The number of hydroxylamine groups is 2. The second kappa shape index (κ2) is 22.3. The standard InChI is InChI=1S/C19H19ClF3IN2O3.C18H17ClF3IN2O3/c1-9(2)5-11(27)8-29-26-19(28)12-7-14(21)16(22)17(23)18(12)25-15-4-3-10(24)6-13(15)20;1-8(2)14(26)7-28-25-18(27)10-6-12(20)15(21)16(22)17(10)24-13-4-3-9(23)5-11(13)19/h3-4,6-7,9,11,25,27H,5,8H2,1-2H3,(H,26,28);3-6,8,14,24,26H,7H2,1-2H3,(H,25,27). The van der Waals surface area contributed by atoms with Gasteiger partial charge in [-0.15, -0.1) is 0 Å². The second-order valence-electron chi connectivity index (χ2n) is 12.9. The van der Waals surface area contributed by atoms with Gasteiger partial charge in [0.2, 0.25) is 0 Å². The van der Waals surface area contributed by atoms with Crippen LogP contribution in [0, 0.1) is 53.9 Å². The lowest BCUT2D eigenvalue weighted by atomic mass is 10.1. The number of halogens is 10. The van der Waals surface area contributed by atoms with E-state index in [4.69, 9.17) is 32.9 Å². The van der Waals surface area contributed by atoms with Gasteiger partial charge in [-0.1, -0.05) is 50.9 Å². The lowest BCUT2D eigenvalue weighted by molar-refractivity contribution is -0.0268. The summed E-state index contributed by atoms with van der Waals surface area (Å²) in [7, 11) is 0. The lowest BCUT2D eigenvalue weighted by Crippen LogP contribution is -2.31. The topological polar surface area (TPSA) is 141 Å². The molecule has 6 N–H and O–H groups in total. The van der Waals surface area contributed by atoms with Crippen molar-refractivity contribution in [2.75, 3.05) is 23.8 Å². The van der Waals surface area contributed by atoms with Gasteiger partial charge >= 0.3 is 0 Å². The number of nitrogens with one attached hydrogen (secondary N) is 4. The first-order valence-electron chi connectivity index (χ1n) is 16.7. The molecule has 0 radical (unpaired) electrons. The van der Waals surface area contributed by atoms with Crippen molar-refractivity contribution in [3.8, 4) is 0 Å². The van der Waals surface area contributed by atoms with E-state index in [0.29, 0.717) is 18.6 Å². The van der Waals surface area contributed by atoms with E-state index in [2.05, 4.69) is 10.6 Å². The van der Waals surface area contributed by atoms with Crippen molar-refractivity contribution in [1.82, 2.24) is 11.0 Å². The average Bonchev–Trinajstić information content (AvgIpc) is 3.13. The third-order valence-electron chi connectivity index (χ3n) is 7.57. The largest absolute Gasteiger partial charge is 0.391 e. The third-order valence-corrected chi connectivity index (χ3v) is 9.54. The summed E-state index contributed by atoms with van der Waals surface area (Å²) in [5.74, 6) is -11.7. The van der Waals surface area contributed by atoms with Gasteiger partial charge in [-0.2, -0.15) is 0 Å². The van der Waals surface area contributed by atoms with Crippen molar-refractivity contribution >= 4 is 103 Å². The highest BCUT2D eigenvalue weighted by molar-refractivity contribution is 14.1. The molecule has 0 aliphatic carbocycles. The Bertz CT molecular complexity index is 2070. The Morgan fingerprint density at radius 1 is 0.667 bits per heavy atom. The van der Waals surface area contributed by atoms with Crippen LogP contribution >= 0.6 is 68.4 Å². The van der Waals surface area contributed by atoms with Crippen LogP contribution in [0.2, 0.25) is 10.0 Å². The number of amides is 2. The second-order valence-corrected chi connectivity index (χ2v) is 16.2. The molecule has 310 valence electrons. The molecule has 0 heterocycles. The Kier molecular flexibility index (Phi) is 18.9. The molecule has 0 aliphatic rings. The fourth-order valence-electron chi connectivity index (χ4n) is 4.55. The van der Waals surface area contributed by atoms with Crippen molar-refractivity contribution in [2.45, 2.75) is 46.3 Å². The number of carbonyl (C=O) groups is 2. The molecule has 4 aromatic rings. The monoisotopic (exact) mass is 1070 g/mol. The molecule has 0 fully saturated rings. The molecular formula is C37H36Cl2F6I2N4O6. The molecule has 2 amide bonds. The van der Waals surface area contributed by atoms with Gasteiger partial charge in [0, 0.05) is 7.14 Å². The minimum atomic E-state index is -1.74. The number of rotatable bonds is 15. The highest BCUT2D eigenvalue weighted by atomic mass is 127. The van der Waals surface area contributed by atoms with Crippen LogP contribution in [0.15, 0.2) is 48.5 Å². The van der Waals surface area contributed by atoms with Crippen LogP contribution in [-0.4, -0.2) is 47.4 Å². The number of hydrogen-bond acceptors (Lipinski definition) is 8. The maximum absolute atomic E-state index is 14.4. The highest BCUT2D eigenvalue weighted by Crippen LogP contribution is 2.34. The quantitative estimate of drug-likeness (QED) is 0.0299. The number of aliphatic hydroxyl groups is 2. The Balaban J connectivity index is 0.000000306. The van der Waals surface area contributed by atoms with Gasteiger partial charge in [0.05, 0.1) is 56.1 Å². The van der Waals surface area contributed by atoms with E-state index in [1.807, 2.05) is 70.0 Å². The van der Waals surface area contributed by atoms with Crippen LogP contribution in [-0.2, 0) is 9.68 Å². The van der Waals surface area contributed by atoms with Gasteiger partial charge in [-0.05, 0) is 112 Å². The smallest absolute Gasteiger partial charge is 0.277 e.